The highest BCUT2D eigenvalue weighted by Crippen LogP contribution is 2.25. The molecule has 2 aromatic carbocycles. The van der Waals surface area contributed by atoms with Gasteiger partial charge in [0.05, 0.1) is 14.2 Å². The molecule has 0 N–H and O–H groups in total. The first-order valence-corrected chi connectivity index (χ1v) is 9.52. The molecule has 0 spiro atoms. The van der Waals surface area contributed by atoms with Crippen LogP contribution in [0.25, 0.3) is 6.08 Å². The molecule has 1 amide bonds. The van der Waals surface area contributed by atoms with E-state index in [1.165, 1.54) is 13.2 Å². The normalized spacial score (nSPS) is 13.5. The van der Waals surface area contributed by atoms with Crippen molar-refractivity contribution < 1.29 is 28.6 Å². The number of rotatable bonds is 8. The van der Waals surface area contributed by atoms with Crippen LogP contribution in [0.4, 0.5) is 5.69 Å². The van der Waals surface area contributed by atoms with Crippen molar-refractivity contribution >= 4 is 29.4 Å². The molecule has 1 fully saturated rings. The Labute approximate surface area is 174 Å². The van der Waals surface area contributed by atoms with E-state index in [-0.39, 0.29) is 18.3 Å². The van der Waals surface area contributed by atoms with Gasteiger partial charge in [-0.05, 0) is 48.9 Å². The van der Waals surface area contributed by atoms with E-state index >= 15 is 0 Å². The van der Waals surface area contributed by atoms with Gasteiger partial charge in [-0.25, -0.2) is 4.79 Å². The second kappa shape index (κ2) is 9.73. The number of ketones is 1. The molecular weight excluding hydrogens is 386 g/mol. The molecule has 0 unspecified atom stereocenters. The molecule has 0 atom stereocenters. The summed E-state index contributed by atoms with van der Waals surface area (Å²) in [7, 11) is 3.08. The number of methoxy groups -OCH3 is 2. The molecule has 1 aliphatic heterocycles. The minimum atomic E-state index is -0.638. The van der Waals surface area contributed by atoms with Crippen LogP contribution in [-0.2, 0) is 14.3 Å². The number of benzene rings is 2. The van der Waals surface area contributed by atoms with Gasteiger partial charge in [-0.1, -0.05) is 0 Å². The third-order valence-electron chi connectivity index (χ3n) is 4.76. The molecule has 1 saturated heterocycles. The number of amides is 1. The highest BCUT2D eigenvalue weighted by Gasteiger charge is 2.21. The molecule has 7 heteroatoms. The van der Waals surface area contributed by atoms with E-state index in [0.717, 1.165) is 12.1 Å². The summed E-state index contributed by atoms with van der Waals surface area (Å²) < 4.78 is 15.4. The van der Waals surface area contributed by atoms with Crippen molar-refractivity contribution in [3.8, 4) is 11.5 Å². The van der Waals surface area contributed by atoms with Gasteiger partial charge in [-0.3, -0.25) is 9.59 Å². The molecule has 0 saturated carbocycles. The maximum absolute atomic E-state index is 12.3. The lowest BCUT2D eigenvalue weighted by molar-refractivity contribution is -0.136. The van der Waals surface area contributed by atoms with E-state index in [1.54, 1.807) is 60.6 Å². The molecule has 0 aliphatic carbocycles. The summed E-state index contributed by atoms with van der Waals surface area (Å²) in [6.45, 7) is 0.319. The third-order valence-corrected chi connectivity index (χ3v) is 4.76. The van der Waals surface area contributed by atoms with Gasteiger partial charge in [0.2, 0.25) is 5.91 Å². The van der Waals surface area contributed by atoms with Gasteiger partial charge in [-0.15, -0.1) is 0 Å². The molecule has 1 heterocycles. The number of ether oxygens (including phenoxy) is 3. The van der Waals surface area contributed by atoms with Crippen LogP contribution in [0.1, 0.15) is 28.8 Å². The van der Waals surface area contributed by atoms with E-state index < -0.39 is 5.97 Å². The Balaban J connectivity index is 1.55. The van der Waals surface area contributed by atoms with Crippen LogP contribution < -0.4 is 14.4 Å². The van der Waals surface area contributed by atoms with Gasteiger partial charge < -0.3 is 19.1 Å². The van der Waals surface area contributed by atoms with Crippen LogP contribution in [0.15, 0.2) is 48.5 Å². The van der Waals surface area contributed by atoms with E-state index in [2.05, 4.69) is 0 Å². The second-order valence-corrected chi connectivity index (χ2v) is 6.67. The number of carbonyl (C=O) groups excluding carboxylic acids is 3. The van der Waals surface area contributed by atoms with Crippen molar-refractivity contribution in [1.29, 1.82) is 0 Å². The first-order valence-electron chi connectivity index (χ1n) is 9.52. The van der Waals surface area contributed by atoms with E-state index in [0.29, 0.717) is 35.6 Å². The van der Waals surface area contributed by atoms with E-state index in [4.69, 9.17) is 14.2 Å². The maximum atomic E-state index is 12.3. The van der Waals surface area contributed by atoms with Crippen LogP contribution >= 0.6 is 0 Å². The Hall–Kier alpha value is -3.61. The Morgan fingerprint density at radius 2 is 1.83 bits per heavy atom. The number of nitrogens with zero attached hydrogens (tertiary/aromatic N) is 1. The topological polar surface area (TPSA) is 82.1 Å². The standard InChI is InChI=1S/C23H23NO6/c1-28-19-11-7-17(21(14-19)29-2)8-12-23(27)30-15-20(25)16-5-9-18(10-6-16)24-13-3-4-22(24)26/h5-12,14H,3-4,13,15H2,1-2H3/b12-8+. The Bertz CT molecular complexity index is 964. The summed E-state index contributed by atoms with van der Waals surface area (Å²) in [4.78, 5) is 37.7. The smallest absolute Gasteiger partial charge is 0.331 e. The molecule has 7 nitrogen and oxygen atoms in total. The third kappa shape index (κ3) is 5.05. The molecule has 30 heavy (non-hydrogen) atoms. The molecule has 3 rings (SSSR count). The predicted molar refractivity (Wildman–Crippen MR) is 112 cm³/mol. The summed E-state index contributed by atoms with van der Waals surface area (Å²) in [6, 6.07) is 11.9. The first kappa shape index (κ1) is 21.1. The SMILES string of the molecule is COc1ccc(/C=C/C(=O)OCC(=O)c2ccc(N3CCCC3=O)cc2)c(OC)c1. The molecule has 1 aliphatic rings. The molecule has 0 aromatic heterocycles. The van der Waals surface area contributed by atoms with E-state index in [1.807, 2.05) is 0 Å². The summed E-state index contributed by atoms with van der Waals surface area (Å²) in [5.74, 6) is 0.310. The van der Waals surface area contributed by atoms with Crippen molar-refractivity contribution in [3.63, 3.8) is 0 Å². The molecule has 2 aromatic rings. The molecular formula is C23H23NO6. The number of esters is 1. The van der Waals surface area contributed by atoms with Crippen LogP contribution in [-0.4, -0.2) is 45.0 Å². The summed E-state index contributed by atoms with van der Waals surface area (Å²) in [5.41, 5.74) is 1.86. The highest BCUT2D eigenvalue weighted by molar-refractivity contribution is 6.00. The highest BCUT2D eigenvalue weighted by atomic mass is 16.5. The van der Waals surface area contributed by atoms with Crippen LogP contribution in [0.2, 0.25) is 0 Å². The zero-order valence-corrected chi connectivity index (χ0v) is 16.9. The van der Waals surface area contributed by atoms with Gasteiger partial charge in [0.1, 0.15) is 11.5 Å². The number of hydrogen-bond donors (Lipinski definition) is 0. The first-order chi connectivity index (χ1) is 14.5. The number of hydrogen-bond acceptors (Lipinski definition) is 6. The van der Waals surface area contributed by atoms with Gasteiger partial charge in [0.25, 0.3) is 0 Å². The summed E-state index contributed by atoms with van der Waals surface area (Å²) >= 11 is 0. The Morgan fingerprint density at radius 3 is 2.47 bits per heavy atom. The number of carbonyl (C=O) groups is 3. The fraction of sp³-hybridized carbons (Fsp3) is 0.261. The lowest BCUT2D eigenvalue weighted by Crippen LogP contribution is -2.23. The summed E-state index contributed by atoms with van der Waals surface area (Å²) in [5, 5.41) is 0. The largest absolute Gasteiger partial charge is 0.497 e. The van der Waals surface area contributed by atoms with Crippen molar-refractivity contribution in [1.82, 2.24) is 0 Å². The average molecular weight is 409 g/mol. The molecule has 0 radical (unpaired) electrons. The second-order valence-electron chi connectivity index (χ2n) is 6.67. The lowest BCUT2D eigenvalue weighted by Gasteiger charge is -2.15. The molecule has 0 bridgehead atoms. The lowest BCUT2D eigenvalue weighted by atomic mass is 10.1. The fourth-order valence-electron chi connectivity index (χ4n) is 3.13. The van der Waals surface area contributed by atoms with Crippen LogP contribution in [0, 0.1) is 0 Å². The van der Waals surface area contributed by atoms with Gasteiger partial charge in [0, 0.05) is 41.9 Å². The van der Waals surface area contributed by atoms with Crippen molar-refractivity contribution in [2.75, 3.05) is 32.3 Å². The number of Topliss-reactive ketones (excluding diaryl/α,β-unsaturated/α-hetero) is 1. The van der Waals surface area contributed by atoms with Crippen molar-refractivity contribution in [3.05, 3.63) is 59.7 Å². The number of anilines is 1. The maximum Gasteiger partial charge on any atom is 0.331 e. The minimum absolute atomic E-state index is 0.0864. The van der Waals surface area contributed by atoms with Gasteiger partial charge >= 0.3 is 5.97 Å². The fourth-order valence-corrected chi connectivity index (χ4v) is 3.13. The van der Waals surface area contributed by atoms with Gasteiger partial charge in [0.15, 0.2) is 12.4 Å². The van der Waals surface area contributed by atoms with Crippen LogP contribution in [0.5, 0.6) is 11.5 Å². The van der Waals surface area contributed by atoms with E-state index in [9.17, 15) is 14.4 Å². The van der Waals surface area contributed by atoms with Crippen molar-refractivity contribution in [2.24, 2.45) is 0 Å². The summed E-state index contributed by atoms with van der Waals surface area (Å²) in [6.07, 6.45) is 4.17. The Morgan fingerprint density at radius 1 is 1.07 bits per heavy atom. The average Bonchev–Trinajstić information content (AvgIpc) is 3.21. The van der Waals surface area contributed by atoms with Crippen molar-refractivity contribution in [2.45, 2.75) is 12.8 Å². The quantitative estimate of drug-likeness (QED) is 0.378. The Kier molecular flexibility index (Phi) is 6.85. The molecule has 156 valence electrons. The zero-order chi connectivity index (χ0) is 21.5. The zero-order valence-electron chi connectivity index (χ0n) is 16.9. The van der Waals surface area contributed by atoms with Crippen LogP contribution in [0.3, 0.4) is 0 Å². The monoisotopic (exact) mass is 409 g/mol. The predicted octanol–water partition coefficient (Wildman–Crippen LogP) is 3.27. The van der Waals surface area contributed by atoms with Gasteiger partial charge in [-0.2, -0.15) is 0 Å². The minimum Gasteiger partial charge on any atom is -0.497 e.